The van der Waals surface area contributed by atoms with Crippen molar-refractivity contribution in [3.63, 3.8) is 0 Å². The topological polar surface area (TPSA) is 24.4 Å². The lowest BCUT2D eigenvalue weighted by atomic mass is 9.77. The van der Waals surface area contributed by atoms with Gasteiger partial charge in [-0.2, -0.15) is 0 Å². The molecule has 3 rings (SSSR count). The minimum Gasteiger partial charge on any atom is -0.355 e. The zero-order valence-electron chi connectivity index (χ0n) is 10.4. The second-order valence-electron chi connectivity index (χ2n) is 4.64. The van der Waals surface area contributed by atoms with Gasteiger partial charge in [-0.25, -0.2) is 0 Å². The molecule has 0 bridgehead atoms. The van der Waals surface area contributed by atoms with Gasteiger partial charge in [0.25, 0.3) is 0 Å². The second kappa shape index (κ2) is 5.67. The Morgan fingerprint density at radius 2 is 2.25 bits per heavy atom. The van der Waals surface area contributed by atoms with Gasteiger partial charge in [-0.15, -0.1) is 0 Å². The lowest BCUT2D eigenvalue weighted by Crippen LogP contribution is -2.48. The molecule has 1 saturated heterocycles. The maximum atomic E-state index is 5.66. The van der Waals surface area contributed by atoms with Crippen molar-refractivity contribution in [3.8, 4) is 0 Å². The number of hydrogen-bond donors (Lipinski definition) is 1. The van der Waals surface area contributed by atoms with E-state index in [1.165, 1.54) is 11.8 Å². The fourth-order valence-corrected chi connectivity index (χ4v) is 4.97. The fraction of sp³-hybridized carbons (Fsp3) is 0.214. The average molecular weight is 383 g/mol. The van der Waals surface area contributed by atoms with Gasteiger partial charge in [-0.05, 0) is 24.1 Å². The summed E-state index contributed by atoms with van der Waals surface area (Å²) in [4.78, 5) is 4.16. The van der Waals surface area contributed by atoms with Crippen LogP contribution in [0.3, 0.4) is 0 Å². The summed E-state index contributed by atoms with van der Waals surface area (Å²) in [6.07, 6.45) is 6.72. The molecular weight excluding hydrogens is 372 g/mol. The maximum absolute atomic E-state index is 5.66. The molecule has 0 radical (unpaired) electrons. The zero-order valence-corrected chi connectivity index (χ0v) is 14.4. The Kier molecular flexibility index (Phi) is 4.08. The van der Waals surface area contributed by atoms with Crippen molar-refractivity contribution in [1.82, 2.24) is 5.32 Å². The Hall–Kier alpha value is -0.560. The number of thioether (sulfide) groups is 1. The van der Waals surface area contributed by atoms with Gasteiger partial charge in [-0.1, -0.05) is 70.3 Å². The molecule has 1 aromatic rings. The van der Waals surface area contributed by atoms with E-state index < -0.39 is 5.54 Å². The number of benzene rings is 1. The smallest absolute Gasteiger partial charge is 0.140 e. The molecule has 2 aliphatic rings. The van der Waals surface area contributed by atoms with Gasteiger partial charge in [-0.3, -0.25) is 4.99 Å². The van der Waals surface area contributed by atoms with Crippen molar-refractivity contribution in [2.24, 2.45) is 10.9 Å². The van der Waals surface area contributed by atoms with E-state index in [2.05, 4.69) is 44.4 Å². The van der Waals surface area contributed by atoms with E-state index in [1.54, 1.807) is 0 Å². The second-order valence-corrected chi connectivity index (χ2v) is 7.91. The van der Waals surface area contributed by atoms with Gasteiger partial charge < -0.3 is 5.32 Å². The Morgan fingerprint density at radius 1 is 1.40 bits per heavy atom. The van der Waals surface area contributed by atoms with Gasteiger partial charge in [0.15, 0.2) is 0 Å². The third-order valence-corrected chi connectivity index (χ3v) is 5.72. The monoisotopic (exact) mass is 382 g/mol. The lowest BCUT2D eigenvalue weighted by molar-refractivity contribution is 0.421. The molecule has 2 atom stereocenters. The molecule has 0 amide bonds. The Bertz CT molecular complexity index is 641. The molecule has 0 spiro atoms. The summed E-state index contributed by atoms with van der Waals surface area (Å²) in [5.41, 5.74) is 0.707. The Labute approximate surface area is 141 Å². The fourth-order valence-electron chi connectivity index (χ4n) is 2.57. The van der Waals surface area contributed by atoms with Crippen LogP contribution in [-0.2, 0) is 5.54 Å². The zero-order chi connectivity index (χ0) is 14.2. The highest BCUT2D eigenvalue weighted by molar-refractivity contribution is 9.10. The van der Waals surface area contributed by atoms with Crippen molar-refractivity contribution in [3.05, 3.63) is 46.6 Å². The van der Waals surface area contributed by atoms with Gasteiger partial charge in [0.05, 0.1) is 4.20 Å². The molecule has 2 nitrogen and oxygen atoms in total. The van der Waals surface area contributed by atoms with Crippen LogP contribution >= 0.6 is 52.1 Å². The van der Waals surface area contributed by atoms with E-state index >= 15 is 0 Å². The van der Waals surface area contributed by atoms with Crippen LogP contribution in [0, 0.1) is 5.92 Å². The van der Waals surface area contributed by atoms with E-state index in [4.69, 9.17) is 24.4 Å². The largest absolute Gasteiger partial charge is 0.355 e. The molecule has 102 valence electrons. The molecule has 1 aromatic carbocycles. The van der Waals surface area contributed by atoms with Crippen molar-refractivity contribution >= 4 is 66.9 Å². The molecule has 2 heterocycles. The van der Waals surface area contributed by atoms with Crippen LogP contribution in [-0.4, -0.2) is 14.7 Å². The quantitative estimate of drug-likeness (QED) is 0.774. The maximum Gasteiger partial charge on any atom is 0.140 e. The standard InChI is InChI=1S/C14H11BrN2S3/c15-11-3-1-2-10(8-11)14(9-4-6-16-7-5-9)12(18)20-13(19)17-14/h1-4,6-9H,5H2,(H,17,19). The molecule has 1 N–H and O–H groups in total. The van der Waals surface area contributed by atoms with E-state index in [0.29, 0.717) is 0 Å². The van der Waals surface area contributed by atoms with Crippen molar-refractivity contribution < 1.29 is 0 Å². The first-order valence-corrected chi connectivity index (χ1v) is 8.54. The molecule has 0 aromatic heterocycles. The van der Waals surface area contributed by atoms with Crippen LogP contribution in [0.4, 0.5) is 0 Å². The Morgan fingerprint density at radius 3 is 2.85 bits per heavy atom. The van der Waals surface area contributed by atoms with Gasteiger partial charge in [0.2, 0.25) is 0 Å². The third-order valence-electron chi connectivity index (χ3n) is 3.51. The summed E-state index contributed by atoms with van der Waals surface area (Å²) < 4.78 is 2.66. The number of hydrogen-bond acceptors (Lipinski definition) is 4. The summed E-state index contributed by atoms with van der Waals surface area (Å²) in [6, 6.07) is 8.24. The highest BCUT2D eigenvalue weighted by Crippen LogP contribution is 2.44. The number of nitrogens with one attached hydrogen (secondary N) is 1. The van der Waals surface area contributed by atoms with Gasteiger partial charge >= 0.3 is 0 Å². The van der Waals surface area contributed by atoms with Crippen LogP contribution in [0.1, 0.15) is 12.0 Å². The molecule has 20 heavy (non-hydrogen) atoms. The van der Waals surface area contributed by atoms with Crippen molar-refractivity contribution in [1.29, 1.82) is 0 Å². The van der Waals surface area contributed by atoms with Gasteiger partial charge in [0, 0.05) is 22.8 Å². The molecule has 1 fully saturated rings. The summed E-state index contributed by atoms with van der Waals surface area (Å²) in [5, 5.41) is 3.45. The van der Waals surface area contributed by atoms with E-state index in [9.17, 15) is 0 Å². The van der Waals surface area contributed by atoms with E-state index in [-0.39, 0.29) is 5.92 Å². The van der Waals surface area contributed by atoms with Crippen LogP contribution in [0.25, 0.3) is 0 Å². The minimum atomic E-state index is -0.427. The minimum absolute atomic E-state index is 0.217. The predicted molar refractivity (Wildman–Crippen MR) is 97.5 cm³/mol. The third kappa shape index (κ3) is 2.39. The highest BCUT2D eigenvalue weighted by atomic mass is 79.9. The summed E-state index contributed by atoms with van der Waals surface area (Å²) in [6.45, 7) is 0. The van der Waals surface area contributed by atoms with Crippen LogP contribution < -0.4 is 5.32 Å². The van der Waals surface area contributed by atoms with E-state index in [1.807, 2.05) is 24.5 Å². The summed E-state index contributed by atoms with van der Waals surface area (Å²) in [7, 11) is 0. The normalized spacial score (nSPS) is 28.8. The molecule has 0 saturated carbocycles. The summed E-state index contributed by atoms with van der Waals surface area (Å²) >= 11 is 16.0. The number of rotatable bonds is 2. The SMILES string of the molecule is S=C1NC(c2cccc(Br)c2)(C2C=CN=CC2)C(=S)S1. The number of aliphatic imine (C=N–C) groups is 1. The highest BCUT2D eigenvalue weighted by Gasteiger charge is 2.48. The van der Waals surface area contributed by atoms with Crippen molar-refractivity contribution in [2.45, 2.75) is 12.0 Å². The van der Waals surface area contributed by atoms with Crippen LogP contribution in [0.2, 0.25) is 0 Å². The number of halogens is 1. The number of thiocarbonyl (C=S) groups is 2. The first-order valence-electron chi connectivity index (χ1n) is 6.12. The van der Waals surface area contributed by atoms with Crippen molar-refractivity contribution in [2.75, 3.05) is 0 Å². The number of nitrogens with zero attached hydrogens (tertiary/aromatic N) is 1. The Balaban J connectivity index is 2.13. The first kappa shape index (κ1) is 14.4. The lowest BCUT2D eigenvalue weighted by Gasteiger charge is -2.36. The molecule has 2 unspecified atom stereocenters. The molecular formula is C14H11BrN2S3. The van der Waals surface area contributed by atoms with Gasteiger partial charge in [0.1, 0.15) is 9.86 Å². The molecule has 6 heteroatoms. The average Bonchev–Trinajstić information content (AvgIpc) is 2.75. The predicted octanol–water partition coefficient (Wildman–Crippen LogP) is 4.20. The first-order chi connectivity index (χ1) is 9.63. The van der Waals surface area contributed by atoms with Crippen LogP contribution in [0.5, 0.6) is 0 Å². The molecule has 2 aliphatic heterocycles. The van der Waals surface area contributed by atoms with Crippen LogP contribution in [0.15, 0.2) is 46.0 Å². The molecule has 0 aliphatic carbocycles. The van der Waals surface area contributed by atoms with E-state index in [0.717, 1.165) is 25.0 Å². The summed E-state index contributed by atoms with van der Waals surface area (Å²) in [5.74, 6) is 0.217.